The van der Waals surface area contributed by atoms with E-state index in [0.717, 1.165) is 42.1 Å². The summed E-state index contributed by atoms with van der Waals surface area (Å²) in [6, 6.07) is 16.6. The first kappa shape index (κ1) is 14.9. The summed E-state index contributed by atoms with van der Waals surface area (Å²) in [6.45, 7) is 9.32. The summed E-state index contributed by atoms with van der Waals surface area (Å²) in [4.78, 5) is 0. The molecule has 0 amide bonds. The Kier molecular flexibility index (Phi) is 4.59. The van der Waals surface area contributed by atoms with Crippen molar-refractivity contribution in [2.75, 3.05) is 19.7 Å². The Labute approximate surface area is 132 Å². The molecule has 3 rings (SSSR count). The van der Waals surface area contributed by atoms with Gasteiger partial charge in [0.25, 0.3) is 0 Å². The van der Waals surface area contributed by atoms with E-state index in [4.69, 9.17) is 4.74 Å². The lowest BCUT2D eigenvalue weighted by Crippen LogP contribution is -2.16. The summed E-state index contributed by atoms with van der Waals surface area (Å²) in [6.07, 6.45) is 1.20. The third-order valence-corrected chi connectivity index (χ3v) is 4.22. The molecule has 1 saturated heterocycles. The van der Waals surface area contributed by atoms with E-state index in [-0.39, 0.29) is 0 Å². The molecule has 2 nitrogen and oxygen atoms in total. The molecule has 2 aromatic carbocycles. The number of benzene rings is 2. The maximum absolute atomic E-state index is 6.12. The average molecular weight is 293 g/mol. The summed E-state index contributed by atoms with van der Waals surface area (Å²) in [5.74, 6) is 1.55. The largest absolute Gasteiger partial charge is 0.493 e. The molecule has 2 aromatic rings. The smallest absolute Gasteiger partial charge is 0.127 e. The van der Waals surface area contributed by atoms with Gasteiger partial charge < -0.3 is 10.1 Å². The van der Waals surface area contributed by atoms with Crippen molar-refractivity contribution in [2.45, 2.75) is 13.3 Å². The zero-order valence-corrected chi connectivity index (χ0v) is 13.1. The zero-order chi connectivity index (χ0) is 15.4. The van der Waals surface area contributed by atoms with Gasteiger partial charge in [0.1, 0.15) is 5.75 Å². The highest BCUT2D eigenvalue weighted by Crippen LogP contribution is 2.31. The third-order valence-electron chi connectivity index (χ3n) is 4.22. The summed E-state index contributed by atoms with van der Waals surface area (Å²) in [5.41, 5.74) is 4.48. The fourth-order valence-electron chi connectivity index (χ4n) is 2.86. The Morgan fingerprint density at radius 1 is 1.23 bits per heavy atom. The Morgan fingerprint density at radius 2 is 2.05 bits per heavy atom. The molecule has 1 atom stereocenters. The second kappa shape index (κ2) is 6.80. The van der Waals surface area contributed by atoms with Crippen LogP contribution in [0.15, 0.2) is 55.1 Å². The van der Waals surface area contributed by atoms with Crippen LogP contribution in [-0.2, 0) is 0 Å². The van der Waals surface area contributed by atoms with Gasteiger partial charge in [-0.2, -0.15) is 0 Å². The van der Waals surface area contributed by atoms with E-state index < -0.39 is 0 Å². The fraction of sp³-hybridized carbons (Fsp3) is 0.300. The number of hydrogen-bond acceptors (Lipinski definition) is 2. The van der Waals surface area contributed by atoms with Crippen LogP contribution in [0.3, 0.4) is 0 Å². The second-order valence-corrected chi connectivity index (χ2v) is 6.01. The molecule has 0 aromatic heterocycles. The van der Waals surface area contributed by atoms with Crippen LogP contribution in [0.25, 0.3) is 5.57 Å². The summed E-state index contributed by atoms with van der Waals surface area (Å²) in [5, 5.41) is 3.38. The normalized spacial score (nSPS) is 17.4. The molecule has 2 heteroatoms. The number of aryl methyl sites for hydroxylation is 1. The standard InChI is InChI=1S/C20H23NO/c1-15-8-9-20(22-14-17-10-11-21-13-17)19(12-15)16(2)18-6-4-3-5-7-18/h3-9,12,17,21H,2,10-11,13-14H2,1H3. The molecule has 0 bridgehead atoms. The fourth-order valence-corrected chi connectivity index (χ4v) is 2.86. The SMILES string of the molecule is C=C(c1ccccc1)c1cc(C)ccc1OCC1CCNC1. The first-order valence-electron chi connectivity index (χ1n) is 7.93. The van der Waals surface area contributed by atoms with E-state index in [9.17, 15) is 0 Å². The van der Waals surface area contributed by atoms with Gasteiger partial charge in [-0.1, -0.05) is 48.5 Å². The monoisotopic (exact) mass is 293 g/mol. The van der Waals surface area contributed by atoms with Crippen LogP contribution in [0.4, 0.5) is 0 Å². The Bertz CT molecular complexity index is 642. The van der Waals surface area contributed by atoms with Gasteiger partial charge in [-0.15, -0.1) is 0 Å². The molecule has 114 valence electrons. The van der Waals surface area contributed by atoms with Crippen LogP contribution in [0.5, 0.6) is 5.75 Å². The second-order valence-electron chi connectivity index (χ2n) is 6.01. The number of nitrogens with one attached hydrogen (secondary N) is 1. The van der Waals surface area contributed by atoms with Crippen molar-refractivity contribution in [2.24, 2.45) is 5.92 Å². The lowest BCUT2D eigenvalue weighted by atomic mass is 9.97. The van der Waals surface area contributed by atoms with Crippen LogP contribution >= 0.6 is 0 Å². The number of rotatable bonds is 5. The molecule has 0 aliphatic carbocycles. The van der Waals surface area contributed by atoms with Gasteiger partial charge in [0, 0.05) is 18.0 Å². The Hall–Kier alpha value is -2.06. The average Bonchev–Trinajstić information content (AvgIpc) is 3.07. The quantitative estimate of drug-likeness (QED) is 0.898. The molecule has 1 N–H and O–H groups in total. The highest BCUT2D eigenvalue weighted by molar-refractivity contribution is 5.81. The predicted octanol–water partition coefficient (Wildman–Crippen LogP) is 4.04. The van der Waals surface area contributed by atoms with Crippen LogP contribution in [-0.4, -0.2) is 19.7 Å². The summed E-state index contributed by atoms with van der Waals surface area (Å²) < 4.78 is 6.12. The molecule has 1 aliphatic heterocycles. The molecular formula is C20H23NO. The van der Waals surface area contributed by atoms with Gasteiger partial charge in [0.2, 0.25) is 0 Å². The van der Waals surface area contributed by atoms with Crippen LogP contribution in [0, 0.1) is 12.8 Å². The third kappa shape index (κ3) is 3.40. The van der Waals surface area contributed by atoms with Crippen molar-refractivity contribution in [1.82, 2.24) is 5.32 Å². The van der Waals surface area contributed by atoms with Gasteiger partial charge in [0.15, 0.2) is 0 Å². The first-order chi connectivity index (χ1) is 10.7. The van der Waals surface area contributed by atoms with Crippen LogP contribution in [0.1, 0.15) is 23.1 Å². The van der Waals surface area contributed by atoms with Crippen molar-refractivity contribution in [3.63, 3.8) is 0 Å². The molecule has 0 radical (unpaired) electrons. The summed E-state index contributed by atoms with van der Waals surface area (Å²) >= 11 is 0. The van der Waals surface area contributed by atoms with Crippen molar-refractivity contribution in [3.05, 3.63) is 71.8 Å². The predicted molar refractivity (Wildman–Crippen MR) is 92.2 cm³/mol. The van der Waals surface area contributed by atoms with E-state index in [0.29, 0.717) is 5.92 Å². The topological polar surface area (TPSA) is 21.3 Å². The van der Waals surface area contributed by atoms with Gasteiger partial charge in [-0.3, -0.25) is 0 Å². The highest BCUT2D eigenvalue weighted by Gasteiger charge is 2.16. The van der Waals surface area contributed by atoms with E-state index in [2.05, 4.69) is 49.2 Å². The lowest BCUT2D eigenvalue weighted by molar-refractivity contribution is 0.259. The van der Waals surface area contributed by atoms with Gasteiger partial charge in [0.05, 0.1) is 6.61 Å². The summed E-state index contributed by atoms with van der Waals surface area (Å²) in [7, 11) is 0. The number of ether oxygens (including phenoxy) is 1. The van der Waals surface area contributed by atoms with Crippen LogP contribution in [0.2, 0.25) is 0 Å². The van der Waals surface area contributed by atoms with Crippen molar-refractivity contribution < 1.29 is 4.74 Å². The van der Waals surface area contributed by atoms with E-state index in [1.807, 2.05) is 18.2 Å². The maximum atomic E-state index is 6.12. The molecule has 0 saturated carbocycles. The molecule has 22 heavy (non-hydrogen) atoms. The zero-order valence-electron chi connectivity index (χ0n) is 13.1. The van der Waals surface area contributed by atoms with Crippen molar-refractivity contribution in [3.8, 4) is 5.75 Å². The minimum Gasteiger partial charge on any atom is -0.493 e. The Balaban J connectivity index is 1.82. The lowest BCUT2D eigenvalue weighted by Gasteiger charge is -2.16. The van der Waals surface area contributed by atoms with E-state index >= 15 is 0 Å². The van der Waals surface area contributed by atoms with Gasteiger partial charge in [-0.05, 0) is 43.2 Å². The minimum atomic E-state index is 0.610. The van der Waals surface area contributed by atoms with Gasteiger partial charge >= 0.3 is 0 Å². The van der Waals surface area contributed by atoms with Gasteiger partial charge in [-0.25, -0.2) is 0 Å². The van der Waals surface area contributed by atoms with E-state index in [1.54, 1.807) is 0 Å². The van der Waals surface area contributed by atoms with Crippen LogP contribution < -0.4 is 10.1 Å². The maximum Gasteiger partial charge on any atom is 0.127 e. The molecule has 1 heterocycles. The van der Waals surface area contributed by atoms with E-state index in [1.165, 1.54) is 12.0 Å². The first-order valence-corrected chi connectivity index (χ1v) is 7.93. The highest BCUT2D eigenvalue weighted by atomic mass is 16.5. The molecule has 1 fully saturated rings. The van der Waals surface area contributed by atoms with Crippen molar-refractivity contribution in [1.29, 1.82) is 0 Å². The minimum absolute atomic E-state index is 0.610. The number of hydrogen-bond donors (Lipinski definition) is 1. The van der Waals surface area contributed by atoms with Crippen molar-refractivity contribution >= 4 is 5.57 Å². The Morgan fingerprint density at radius 3 is 2.77 bits per heavy atom. The molecule has 1 aliphatic rings. The molecule has 0 spiro atoms. The molecular weight excluding hydrogens is 270 g/mol. The molecule has 1 unspecified atom stereocenters.